The number of methoxy groups -OCH3 is 2. The number of aliphatic hydroxyl groups is 6. The maximum absolute atomic E-state index is 11.3. The Labute approximate surface area is 309 Å². The minimum Gasteiger partial charge on any atom is -0.493 e. The van der Waals surface area contributed by atoms with E-state index in [1.807, 2.05) is 0 Å². The van der Waals surface area contributed by atoms with Gasteiger partial charge in [-0.3, -0.25) is 9.59 Å². The summed E-state index contributed by atoms with van der Waals surface area (Å²) in [6.45, 7) is 2.41. The van der Waals surface area contributed by atoms with E-state index < -0.39 is 73.4 Å². The molecule has 0 bridgehead atoms. The second kappa shape index (κ2) is 16.9. The molecule has 2 aromatic carbocycles. The lowest BCUT2D eigenvalue weighted by atomic mass is 9.85. The van der Waals surface area contributed by atoms with E-state index in [-0.39, 0.29) is 60.3 Å². The van der Waals surface area contributed by atoms with Crippen molar-refractivity contribution in [1.29, 1.82) is 0 Å². The minimum atomic E-state index is -1.63. The van der Waals surface area contributed by atoms with Gasteiger partial charge in [0.2, 0.25) is 12.6 Å². The van der Waals surface area contributed by atoms with Crippen molar-refractivity contribution in [3.63, 3.8) is 0 Å². The molecular weight excluding hydrogens is 720 g/mol. The fraction of sp³-hybridized carbons (Fsp3) is 0.611. The van der Waals surface area contributed by atoms with E-state index in [2.05, 4.69) is 0 Å². The zero-order valence-corrected chi connectivity index (χ0v) is 30.0. The number of ether oxygens (including phenoxy) is 10. The lowest BCUT2D eigenvalue weighted by Gasteiger charge is -2.40. The van der Waals surface area contributed by atoms with E-state index in [0.29, 0.717) is 13.2 Å². The molecule has 298 valence electrons. The Morgan fingerprint density at radius 3 is 1.33 bits per heavy atom. The van der Waals surface area contributed by atoms with Crippen LogP contribution in [0, 0.1) is 11.8 Å². The Balaban J connectivity index is 1.12. The number of aliphatic hydroxyl groups excluding tert-OH is 6. The van der Waals surface area contributed by atoms with Gasteiger partial charge in [-0.2, -0.15) is 0 Å². The molecule has 14 atom stereocenters. The molecule has 0 radical (unpaired) electrons. The van der Waals surface area contributed by atoms with Crippen LogP contribution in [0.1, 0.15) is 37.2 Å². The molecular formula is C36H46O18. The number of fused-ring (bicyclic) bond motifs is 1. The van der Waals surface area contributed by atoms with E-state index in [0.717, 1.165) is 11.1 Å². The standard InChI is InChI=1S/C36H46O18/c1-15(37)47-13-25-27(39)29(41)31(43)35(53-25)51-21-7-5-17(9-23(21)45-3)33-19-11-50-34(20(19)12-49-33)18-6-8-22(24(10-18)46-4)52-36-32(44)30(42)28(40)26(54-36)14-48-16(2)38/h5-10,19-20,25-36,39-44H,11-14H2,1-4H3. The summed E-state index contributed by atoms with van der Waals surface area (Å²) in [6, 6.07) is 10.2. The van der Waals surface area contributed by atoms with E-state index >= 15 is 0 Å². The monoisotopic (exact) mass is 766 g/mol. The third-order valence-corrected chi connectivity index (χ3v) is 10.0. The van der Waals surface area contributed by atoms with Crippen LogP contribution in [-0.4, -0.2) is 145 Å². The molecule has 4 aliphatic heterocycles. The molecule has 2 aromatic rings. The number of hydrogen-bond acceptors (Lipinski definition) is 18. The van der Waals surface area contributed by atoms with Crippen LogP contribution in [0.25, 0.3) is 0 Å². The Hall–Kier alpha value is -3.82. The van der Waals surface area contributed by atoms with Crippen LogP contribution in [0.5, 0.6) is 23.0 Å². The third kappa shape index (κ3) is 8.23. The van der Waals surface area contributed by atoms with Gasteiger partial charge in [0, 0.05) is 25.7 Å². The van der Waals surface area contributed by atoms with Crippen molar-refractivity contribution in [2.24, 2.45) is 11.8 Å². The van der Waals surface area contributed by atoms with Gasteiger partial charge in [-0.25, -0.2) is 0 Å². The minimum absolute atomic E-state index is 0.0524. The second-order valence-electron chi connectivity index (χ2n) is 13.5. The lowest BCUT2D eigenvalue weighted by molar-refractivity contribution is -0.278. The predicted octanol–water partition coefficient (Wildman–Crippen LogP) is -0.722. The Kier molecular flexibility index (Phi) is 12.5. The summed E-state index contributed by atoms with van der Waals surface area (Å²) < 4.78 is 56.7. The van der Waals surface area contributed by atoms with E-state index in [1.165, 1.54) is 28.1 Å². The topological polar surface area (TPSA) is 248 Å². The van der Waals surface area contributed by atoms with Gasteiger partial charge in [-0.05, 0) is 35.4 Å². The average molecular weight is 767 g/mol. The predicted molar refractivity (Wildman–Crippen MR) is 178 cm³/mol. The molecule has 0 spiro atoms. The summed E-state index contributed by atoms with van der Waals surface area (Å²) in [7, 11) is 2.88. The van der Waals surface area contributed by atoms with Gasteiger partial charge in [-0.15, -0.1) is 0 Å². The first-order valence-corrected chi connectivity index (χ1v) is 17.4. The van der Waals surface area contributed by atoms with Crippen molar-refractivity contribution in [2.75, 3.05) is 40.6 Å². The fourth-order valence-electron chi connectivity index (χ4n) is 7.10. The molecule has 18 heteroatoms. The zero-order valence-electron chi connectivity index (χ0n) is 30.0. The van der Waals surface area contributed by atoms with E-state index in [9.17, 15) is 40.2 Å². The highest BCUT2D eigenvalue weighted by molar-refractivity contribution is 5.66. The molecule has 0 aromatic heterocycles. The number of esters is 2. The molecule has 4 fully saturated rings. The zero-order chi connectivity index (χ0) is 38.8. The molecule has 4 heterocycles. The number of carbonyl (C=O) groups excluding carboxylic acids is 2. The van der Waals surface area contributed by atoms with Crippen molar-refractivity contribution in [2.45, 2.75) is 87.5 Å². The fourth-order valence-corrected chi connectivity index (χ4v) is 7.10. The van der Waals surface area contributed by atoms with Crippen molar-refractivity contribution in [3.8, 4) is 23.0 Å². The van der Waals surface area contributed by atoms with Gasteiger partial charge in [0.25, 0.3) is 0 Å². The molecule has 0 aliphatic carbocycles. The Morgan fingerprint density at radius 2 is 0.981 bits per heavy atom. The molecule has 6 N–H and O–H groups in total. The normalized spacial score (nSPS) is 36.2. The summed E-state index contributed by atoms with van der Waals surface area (Å²) >= 11 is 0. The van der Waals surface area contributed by atoms with Crippen molar-refractivity contribution in [3.05, 3.63) is 47.5 Å². The van der Waals surface area contributed by atoms with Crippen molar-refractivity contribution < 1.29 is 87.6 Å². The second-order valence-corrected chi connectivity index (χ2v) is 13.5. The van der Waals surface area contributed by atoms with Crippen LogP contribution < -0.4 is 18.9 Å². The first-order valence-electron chi connectivity index (χ1n) is 17.4. The van der Waals surface area contributed by atoms with E-state index in [4.69, 9.17) is 47.4 Å². The molecule has 4 aliphatic rings. The highest BCUT2D eigenvalue weighted by Crippen LogP contribution is 2.52. The van der Waals surface area contributed by atoms with Crippen LogP contribution in [0.3, 0.4) is 0 Å². The number of benzene rings is 2. The molecule has 14 unspecified atom stereocenters. The smallest absolute Gasteiger partial charge is 0.302 e. The number of rotatable bonds is 12. The summed E-state index contributed by atoms with van der Waals surface area (Å²) in [4.78, 5) is 22.6. The third-order valence-electron chi connectivity index (χ3n) is 10.0. The molecule has 0 amide bonds. The average Bonchev–Trinajstić information content (AvgIpc) is 3.77. The van der Waals surface area contributed by atoms with Gasteiger partial charge in [-0.1, -0.05) is 12.1 Å². The first-order chi connectivity index (χ1) is 25.8. The maximum atomic E-state index is 11.3. The number of hydrogen-bond donors (Lipinski definition) is 6. The maximum Gasteiger partial charge on any atom is 0.302 e. The largest absolute Gasteiger partial charge is 0.493 e. The highest BCUT2D eigenvalue weighted by Gasteiger charge is 2.50. The molecule has 0 saturated carbocycles. The summed E-state index contributed by atoms with van der Waals surface area (Å²) in [5, 5.41) is 62.5. The summed E-state index contributed by atoms with van der Waals surface area (Å²) in [5.74, 6) is -0.380. The first kappa shape index (κ1) is 39.9. The van der Waals surface area contributed by atoms with Crippen LogP contribution in [0.15, 0.2) is 36.4 Å². The van der Waals surface area contributed by atoms with Gasteiger partial charge in [0.05, 0.1) is 39.6 Å². The molecule has 4 saturated heterocycles. The van der Waals surface area contributed by atoms with Gasteiger partial charge in [0.1, 0.15) is 62.0 Å². The van der Waals surface area contributed by atoms with Gasteiger partial charge < -0.3 is 78.0 Å². The van der Waals surface area contributed by atoms with Crippen LogP contribution in [0.2, 0.25) is 0 Å². The Bertz CT molecular complexity index is 1500. The van der Waals surface area contributed by atoms with Crippen LogP contribution >= 0.6 is 0 Å². The van der Waals surface area contributed by atoms with Gasteiger partial charge in [0.15, 0.2) is 23.0 Å². The van der Waals surface area contributed by atoms with Crippen LogP contribution in [-0.2, 0) is 38.0 Å². The molecule has 54 heavy (non-hydrogen) atoms. The number of carbonyl (C=O) groups is 2. The Morgan fingerprint density at radius 1 is 0.593 bits per heavy atom. The molecule has 18 nitrogen and oxygen atoms in total. The van der Waals surface area contributed by atoms with Crippen molar-refractivity contribution >= 4 is 11.9 Å². The summed E-state index contributed by atoms with van der Waals surface area (Å²) in [6.07, 6.45) is -15.4. The van der Waals surface area contributed by atoms with E-state index in [1.54, 1.807) is 36.4 Å². The SMILES string of the molecule is COc1cc(C2OCC3C(c4ccc(OC5OC(COC(C)=O)C(O)C(O)C5O)c(OC)c4)OCC23)ccc1OC1OC(COC(C)=O)C(O)C(O)C1O. The van der Waals surface area contributed by atoms with Crippen LogP contribution in [0.4, 0.5) is 0 Å². The summed E-state index contributed by atoms with van der Waals surface area (Å²) in [5.41, 5.74) is 1.55. The van der Waals surface area contributed by atoms with Gasteiger partial charge >= 0.3 is 11.9 Å². The lowest BCUT2D eigenvalue weighted by Crippen LogP contribution is -2.60. The van der Waals surface area contributed by atoms with Crippen molar-refractivity contribution in [1.82, 2.24) is 0 Å². The quantitative estimate of drug-likeness (QED) is 0.146. The molecule has 6 rings (SSSR count). The highest BCUT2D eigenvalue weighted by atomic mass is 16.7.